The first-order chi connectivity index (χ1) is 16.4. The van der Waals surface area contributed by atoms with Gasteiger partial charge in [0.1, 0.15) is 11.1 Å². The molecule has 1 fully saturated rings. The summed E-state index contributed by atoms with van der Waals surface area (Å²) in [7, 11) is 0. The van der Waals surface area contributed by atoms with Crippen molar-refractivity contribution in [3.8, 4) is 11.5 Å². The van der Waals surface area contributed by atoms with Gasteiger partial charge in [-0.3, -0.25) is 4.79 Å². The van der Waals surface area contributed by atoms with E-state index < -0.39 is 23.7 Å². The molecule has 1 heterocycles. The Bertz CT molecular complexity index is 981. The number of carbonyl (C=O) groups excluding carboxylic acids is 2. The third kappa shape index (κ3) is 7.01. The van der Waals surface area contributed by atoms with Crippen molar-refractivity contribution in [1.82, 2.24) is 10.6 Å². The Balaban J connectivity index is 1.71. The fourth-order valence-electron chi connectivity index (χ4n) is 3.92. The summed E-state index contributed by atoms with van der Waals surface area (Å²) in [5.74, 6) is -1.03. The summed E-state index contributed by atoms with van der Waals surface area (Å²) in [5.41, 5.74) is 0.696. The molecule has 0 radical (unpaired) electrons. The first-order valence-corrected chi connectivity index (χ1v) is 12.2. The third-order valence-corrected chi connectivity index (χ3v) is 6.42. The minimum absolute atomic E-state index is 0.106. The number of amides is 1. The summed E-state index contributed by atoms with van der Waals surface area (Å²) in [6, 6.07) is 9.58. The second-order valence-corrected chi connectivity index (χ2v) is 8.98. The first kappa shape index (κ1) is 26.1. The van der Waals surface area contributed by atoms with Gasteiger partial charge in [0.25, 0.3) is 5.91 Å². The van der Waals surface area contributed by atoms with Crippen LogP contribution in [0, 0.1) is 5.92 Å². The van der Waals surface area contributed by atoms with Crippen LogP contribution < -0.4 is 15.4 Å². The Morgan fingerprint density at radius 2 is 1.91 bits per heavy atom. The number of aromatic hydroxyl groups is 1. The molecule has 3 N–H and O–H groups in total. The predicted octanol–water partition coefficient (Wildman–Crippen LogP) is 4.37. The molecule has 1 aliphatic heterocycles. The van der Waals surface area contributed by atoms with Crippen LogP contribution in [0.4, 0.5) is 0 Å². The summed E-state index contributed by atoms with van der Waals surface area (Å²) < 4.78 is 10.9. The van der Waals surface area contributed by atoms with E-state index in [0.29, 0.717) is 12.5 Å². The molecule has 0 saturated carbocycles. The van der Waals surface area contributed by atoms with E-state index in [1.807, 2.05) is 30.3 Å². The van der Waals surface area contributed by atoms with Crippen molar-refractivity contribution in [2.75, 3.05) is 26.3 Å². The summed E-state index contributed by atoms with van der Waals surface area (Å²) in [6.45, 7) is 4.25. The van der Waals surface area contributed by atoms with Gasteiger partial charge in [-0.15, -0.1) is 0 Å². The number of carbonyl (C=O) groups is 2. The number of ether oxygens (including phenoxy) is 2. The SMILES string of the molecule is CCOC(=O)[C@@H](Cc1ccccc1)NC(=O)c1cc(Cl)c(OCCC2CCNCC2)c(Cl)c1O. The van der Waals surface area contributed by atoms with Crippen LogP contribution in [0.3, 0.4) is 0 Å². The highest BCUT2D eigenvalue weighted by atomic mass is 35.5. The van der Waals surface area contributed by atoms with Crippen LogP contribution >= 0.6 is 23.2 Å². The van der Waals surface area contributed by atoms with Crippen LogP contribution in [0.15, 0.2) is 36.4 Å². The summed E-state index contributed by atoms with van der Waals surface area (Å²) >= 11 is 12.7. The Morgan fingerprint density at radius 3 is 2.59 bits per heavy atom. The second kappa shape index (κ2) is 12.8. The second-order valence-electron chi connectivity index (χ2n) is 8.20. The number of esters is 1. The van der Waals surface area contributed by atoms with Gasteiger partial charge in [-0.25, -0.2) is 4.79 Å². The average molecular weight is 509 g/mol. The fourth-order valence-corrected chi connectivity index (χ4v) is 4.48. The number of halogens is 2. The average Bonchev–Trinajstić information content (AvgIpc) is 2.84. The summed E-state index contributed by atoms with van der Waals surface area (Å²) in [6.07, 6.45) is 3.24. The first-order valence-electron chi connectivity index (χ1n) is 11.5. The smallest absolute Gasteiger partial charge is 0.328 e. The van der Waals surface area contributed by atoms with Gasteiger partial charge in [0.2, 0.25) is 0 Å². The minimum Gasteiger partial charge on any atom is -0.505 e. The monoisotopic (exact) mass is 508 g/mol. The largest absolute Gasteiger partial charge is 0.505 e. The van der Waals surface area contributed by atoms with Crippen LogP contribution in [0.25, 0.3) is 0 Å². The predicted molar refractivity (Wildman–Crippen MR) is 132 cm³/mol. The molecule has 7 nitrogen and oxygen atoms in total. The minimum atomic E-state index is -0.951. The van der Waals surface area contributed by atoms with Gasteiger partial charge in [0.05, 0.1) is 23.8 Å². The van der Waals surface area contributed by atoms with Gasteiger partial charge in [-0.2, -0.15) is 0 Å². The van der Waals surface area contributed by atoms with Crippen LogP contribution in [0.2, 0.25) is 10.0 Å². The maximum Gasteiger partial charge on any atom is 0.328 e. The highest BCUT2D eigenvalue weighted by Gasteiger charge is 2.27. The van der Waals surface area contributed by atoms with Gasteiger partial charge in [0, 0.05) is 6.42 Å². The Hall–Kier alpha value is -2.48. The highest BCUT2D eigenvalue weighted by Crippen LogP contribution is 2.42. The van der Waals surface area contributed by atoms with Crippen LogP contribution in [0.1, 0.15) is 42.1 Å². The topological polar surface area (TPSA) is 96.9 Å². The van der Waals surface area contributed by atoms with Gasteiger partial charge in [0.15, 0.2) is 11.5 Å². The zero-order valence-electron chi connectivity index (χ0n) is 19.1. The number of hydrogen-bond donors (Lipinski definition) is 3. The lowest BCUT2D eigenvalue weighted by molar-refractivity contribution is -0.145. The van der Waals surface area contributed by atoms with Crippen molar-refractivity contribution in [3.05, 3.63) is 57.6 Å². The van der Waals surface area contributed by atoms with Crippen molar-refractivity contribution in [2.24, 2.45) is 5.92 Å². The molecule has 0 spiro atoms. The van der Waals surface area contributed by atoms with Crippen molar-refractivity contribution in [1.29, 1.82) is 0 Å². The van der Waals surface area contributed by atoms with E-state index in [1.54, 1.807) is 6.92 Å². The molecule has 1 aliphatic rings. The zero-order chi connectivity index (χ0) is 24.5. The molecule has 9 heteroatoms. The molecule has 1 atom stereocenters. The highest BCUT2D eigenvalue weighted by molar-refractivity contribution is 6.39. The summed E-state index contributed by atoms with van der Waals surface area (Å²) in [5, 5.41) is 16.5. The molecule has 0 bridgehead atoms. The molecule has 0 aliphatic carbocycles. The van der Waals surface area contributed by atoms with Gasteiger partial charge in [-0.05, 0) is 56.8 Å². The number of phenols is 1. The molecule has 34 heavy (non-hydrogen) atoms. The van der Waals surface area contributed by atoms with Crippen molar-refractivity contribution < 1.29 is 24.2 Å². The normalized spacial score (nSPS) is 14.9. The van der Waals surface area contributed by atoms with E-state index in [1.165, 1.54) is 6.07 Å². The van der Waals surface area contributed by atoms with Gasteiger partial charge < -0.3 is 25.2 Å². The number of phenolic OH excluding ortho intramolecular Hbond substituents is 1. The number of piperidine rings is 1. The molecular weight excluding hydrogens is 479 g/mol. The number of benzene rings is 2. The van der Waals surface area contributed by atoms with E-state index in [0.717, 1.165) is 37.9 Å². The maximum absolute atomic E-state index is 13.0. The molecule has 2 aromatic rings. The number of nitrogens with one attached hydrogen (secondary N) is 2. The Kier molecular flexibility index (Phi) is 9.86. The molecule has 0 unspecified atom stereocenters. The van der Waals surface area contributed by atoms with Crippen LogP contribution in [-0.2, 0) is 16.0 Å². The zero-order valence-corrected chi connectivity index (χ0v) is 20.6. The third-order valence-electron chi connectivity index (χ3n) is 5.79. The molecule has 2 aromatic carbocycles. The number of hydrogen-bond acceptors (Lipinski definition) is 6. The van der Waals surface area contributed by atoms with Gasteiger partial charge in [-0.1, -0.05) is 53.5 Å². The molecule has 0 aromatic heterocycles. The fraction of sp³-hybridized carbons (Fsp3) is 0.440. The van der Waals surface area contributed by atoms with E-state index in [4.69, 9.17) is 32.7 Å². The lowest BCUT2D eigenvalue weighted by atomic mass is 9.95. The van der Waals surface area contributed by atoms with E-state index in [9.17, 15) is 14.7 Å². The standard InChI is InChI=1S/C25H30Cl2N2O5/c1-2-33-25(32)20(14-17-6-4-3-5-7-17)29-24(31)18-15-19(26)23(21(27)22(18)30)34-13-10-16-8-11-28-12-9-16/h3-7,15-16,20,28,30H,2,8-14H2,1H3,(H,29,31)/t20-/m1/s1. The Labute approximate surface area is 209 Å². The van der Waals surface area contributed by atoms with Crippen molar-refractivity contribution in [2.45, 2.75) is 38.6 Å². The maximum atomic E-state index is 13.0. The molecule has 3 rings (SSSR count). The lowest BCUT2D eigenvalue weighted by Crippen LogP contribution is -2.43. The quantitative estimate of drug-likeness (QED) is 0.412. The van der Waals surface area contributed by atoms with Gasteiger partial charge >= 0.3 is 5.97 Å². The molecule has 1 saturated heterocycles. The van der Waals surface area contributed by atoms with E-state index in [2.05, 4.69) is 10.6 Å². The van der Waals surface area contributed by atoms with E-state index >= 15 is 0 Å². The molecule has 184 valence electrons. The Morgan fingerprint density at radius 1 is 1.21 bits per heavy atom. The summed E-state index contributed by atoms with van der Waals surface area (Å²) in [4.78, 5) is 25.4. The molecular formula is C25H30Cl2N2O5. The van der Waals surface area contributed by atoms with Crippen molar-refractivity contribution in [3.63, 3.8) is 0 Å². The van der Waals surface area contributed by atoms with E-state index in [-0.39, 0.29) is 34.4 Å². The van der Waals surface area contributed by atoms with Crippen LogP contribution in [-0.4, -0.2) is 49.3 Å². The lowest BCUT2D eigenvalue weighted by Gasteiger charge is -2.23. The van der Waals surface area contributed by atoms with Crippen LogP contribution in [0.5, 0.6) is 11.5 Å². The number of rotatable bonds is 10. The molecule has 1 amide bonds. The van der Waals surface area contributed by atoms with Crippen molar-refractivity contribution >= 4 is 35.1 Å².